The van der Waals surface area contributed by atoms with Crippen LogP contribution in [-0.4, -0.2) is 35.4 Å². The number of carbonyl (C=O) groups is 1. The Morgan fingerprint density at radius 3 is 2.46 bits per heavy atom. The lowest BCUT2D eigenvalue weighted by molar-refractivity contribution is -0.137. The van der Waals surface area contributed by atoms with Gasteiger partial charge in [0.15, 0.2) is 0 Å². The van der Waals surface area contributed by atoms with Gasteiger partial charge in [-0.25, -0.2) is 0 Å². The van der Waals surface area contributed by atoms with Crippen LogP contribution in [0.2, 0.25) is 0 Å². The molecule has 4 nitrogen and oxygen atoms in total. The Morgan fingerprint density at radius 2 is 2.00 bits per heavy atom. The SMILES string of the molecule is CC(C)CNCC(O)CCC(=O)O. The average Bonchev–Trinajstić information content (AvgIpc) is 2.00. The van der Waals surface area contributed by atoms with Crippen molar-refractivity contribution >= 4 is 5.97 Å². The van der Waals surface area contributed by atoms with Gasteiger partial charge in [0.05, 0.1) is 6.10 Å². The maximum atomic E-state index is 10.2. The van der Waals surface area contributed by atoms with Gasteiger partial charge in [0.25, 0.3) is 0 Å². The molecule has 0 saturated carbocycles. The largest absolute Gasteiger partial charge is 0.481 e. The van der Waals surface area contributed by atoms with E-state index in [0.717, 1.165) is 6.54 Å². The van der Waals surface area contributed by atoms with Crippen molar-refractivity contribution in [1.82, 2.24) is 5.32 Å². The van der Waals surface area contributed by atoms with Gasteiger partial charge in [-0.05, 0) is 18.9 Å². The molecule has 13 heavy (non-hydrogen) atoms. The normalized spacial score (nSPS) is 13.2. The van der Waals surface area contributed by atoms with Crippen molar-refractivity contribution in [3.8, 4) is 0 Å². The zero-order chi connectivity index (χ0) is 10.3. The summed E-state index contributed by atoms with van der Waals surface area (Å²) in [4.78, 5) is 10.2. The van der Waals surface area contributed by atoms with Gasteiger partial charge in [0, 0.05) is 13.0 Å². The highest BCUT2D eigenvalue weighted by Gasteiger charge is 2.06. The second-order valence-electron chi connectivity index (χ2n) is 3.64. The molecular formula is C9H19NO3. The molecule has 0 aliphatic rings. The molecule has 0 heterocycles. The van der Waals surface area contributed by atoms with Gasteiger partial charge in [-0.1, -0.05) is 13.8 Å². The summed E-state index contributed by atoms with van der Waals surface area (Å²) in [7, 11) is 0. The van der Waals surface area contributed by atoms with E-state index in [4.69, 9.17) is 5.11 Å². The fraction of sp³-hybridized carbons (Fsp3) is 0.889. The number of aliphatic hydroxyl groups is 1. The highest BCUT2D eigenvalue weighted by atomic mass is 16.4. The van der Waals surface area contributed by atoms with Crippen LogP contribution >= 0.6 is 0 Å². The molecule has 0 saturated heterocycles. The molecule has 0 aromatic rings. The van der Waals surface area contributed by atoms with Crippen LogP contribution in [0, 0.1) is 5.92 Å². The van der Waals surface area contributed by atoms with Crippen molar-refractivity contribution in [1.29, 1.82) is 0 Å². The van der Waals surface area contributed by atoms with E-state index in [2.05, 4.69) is 19.2 Å². The first-order valence-electron chi connectivity index (χ1n) is 4.63. The number of rotatable bonds is 7. The number of hydrogen-bond acceptors (Lipinski definition) is 3. The molecule has 78 valence electrons. The zero-order valence-electron chi connectivity index (χ0n) is 8.29. The minimum absolute atomic E-state index is 0.0323. The molecule has 0 rings (SSSR count). The van der Waals surface area contributed by atoms with E-state index >= 15 is 0 Å². The molecule has 0 aromatic carbocycles. The molecule has 0 aromatic heterocycles. The Hall–Kier alpha value is -0.610. The molecule has 3 N–H and O–H groups in total. The van der Waals surface area contributed by atoms with Gasteiger partial charge in [-0.2, -0.15) is 0 Å². The van der Waals surface area contributed by atoms with Gasteiger partial charge in [-0.3, -0.25) is 4.79 Å². The predicted octanol–water partition coefficient (Wildman–Crippen LogP) is 0.458. The van der Waals surface area contributed by atoms with Crippen LogP contribution in [0.1, 0.15) is 26.7 Å². The Balaban J connectivity index is 3.30. The molecular weight excluding hydrogens is 170 g/mol. The first-order valence-corrected chi connectivity index (χ1v) is 4.63. The second kappa shape index (κ2) is 6.86. The first-order chi connectivity index (χ1) is 6.02. The van der Waals surface area contributed by atoms with Crippen LogP contribution in [0.25, 0.3) is 0 Å². The molecule has 0 spiro atoms. The molecule has 0 radical (unpaired) electrons. The fourth-order valence-electron chi connectivity index (χ4n) is 0.931. The molecule has 0 aliphatic carbocycles. The van der Waals surface area contributed by atoms with E-state index < -0.39 is 12.1 Å². The Morgan fingerprint density at radius 1 is 1.38 bits per heavy atom. The molecule has 1 unspecified atom stereocenters. The molecule has 0 amide bonds. The topological polar surface area (TPSA) is 69.6 Å². The van der Waals surface area contributed by atoms with Crippen LogP contribution in [0.4, 0.5) is 0 Å². The predicted molar refractivity (Wildman–Crippen MR) is 50.6 cm³/mol. The smallest absolute Gasteiger partial charge is 0.303 e. The summed E-state index contributed by atoms with van der Waals surface area (Å²) < 4.78 is 0. The second-order valence-corrected chi connectivity index (χ2v) is 3.64. The minimum Gasteiger partial charge on any atom is -0.481 e. The van der Waals surface area contributed by atoms with Crippen LogP contribution < -0.4 is 5.32 Å². The number of carboxylic acids is 1. The van der Waals surface area contributed by atoms with E-state index in [1.54, 1.807) is 0 Å². The van der Waals surface area contributed by atoms with Crippen molar-refractivity contribution in [2.45, 2.75) is 32.8 Å². The monoisotopic (exact) mass is 189 g/mol. The lowest BCUT2D eigenvalue weighted by Crippen LogP contribution is -2.29. The maximum absolute atomic E-state index is 10.2. The first kappa shape index (κ1) is 12.4. The van der Waals surface area contributed by atoms with Crippen molar-refractivity contribution in [3.63, 3.8) is 0 Å². The quantitative estimate of drug-likeness (QED) is 0.544. The Bertz CT molecular complexity index is 148. The summed E-state index contributed by atoms with van der Waals surface area (Å²) in [5, 5.41) is 20.7. The number of hydrogen-bond donors (Lipinski definition) is 3. The third-order valence-corrected chi connectivity index (χ3v) is 1.62. The summed E-state index contributed by atoms with van der Waals surface area (Å²) in [5.41, 5.74) is 0. The zero-order valence-corrected chi connectivity index (χ0v) is 8.29. The summed E-state index contributed by atoms with van der Waals surface area (Å²) in [6.07, 6.45) is -0.194. The maximum Gasteiger partial charge on any atom is 0.303 e. The third-order valence-electron chi connectivity index (χ3n) is 1.62. The van der Waals surface area contributed by atoms with Crippen LogP contribution in [0.5, 0.6) is 0 Å². The lowest BCUT2D eigenvalue weighted by atomic mass is 10.2. The van der Waals surface area contributed by atoms with Crippen molar-refractivity contribution in [2.24, 2.45) is 5.92 Å². The van der Waals surface area contributed by atoms with Gasteiger partial charge >= 0.3 is 5.97 Å². The van der Waals surface area contributed by atoms with Crippen LogP contribution in [0.15, 0.2) is 0 Å². The minimum atomic E-state index is -0.858. The number of aliphatic carboxylic acids is 1. The molecule has 1 atom stereocenters. The Labute approximate surface area is 79.0 Å². The highest BCUT2D eigenvalue weighted by Crippen LogP contribution is 1.96. The van der Waals surface area contributed by atoms with Crippen LogP contribution in [0.3, 0.4) is 0 Å². The van der Waals surface area contributed by atoms with Gasteiger partial charge in [0.2, 0.25) is 0 Å². The summed E-state index contributed by atoms with van der Waals surface area (Å²) in [6, 6.07) is 0. The van der Waals surface area contributed by atoms with Crippen molar-refractivity contribution < 1.29 is 15.0 Å². The Kier molecular flexibility index (Phi) is 6.54. The van der Waals surface area contributed by atoms with Gasteiger partial charge < -0.3 is 15.5 Å². The lowest BCUT2D eigenvalue weighted by Gasteiger charge is -2.11. The van der Waals surface area contributed by atoms with E-state index in [9.17, 15) is 9.90 Å². The van der Waals surface area contributed by atoms with E-state index in [1.807, 2.05) is 0 Å². The summed E-state index contributed by atoms with van der Waals surface area (Å²) in [5.74, 6) is -0.311. The number of aliphatic hydroxyl groups excluding tert-OH is 1. The standard InChI is InChI=1S/C9H19NO3/c1-7(2)5-10-6-8(11)3-4-9(12)13/h7-8,10-11H,3-6H2,1-2H3,(H,12,13). The number of nitrogens with one attached hydrogen (secondary N) is 1. The average molecular weight is 189 g/mol. The summed E-state index contributed by atoms with van der Waals surface area (Å²) in [6.45, 7) is 5.49. The van der Waals surface area contributed by atoms with Crippen molar-refractivity contribution in [3.05, 3.63) is 0 Å². The molecule has 0 bridgehead atoms. The third kappa shape index (κ3) is 9.30. The fourth-order valence-corrected chi connectivity index (χ4v) is 0.931. The van der Waals surface area contributed by atoms with Gasteiger partial charge in [0.1, 0.15) is 0 Å². The van der Waals surface area contributed by atoms with Crippen molar-refractivity contribution in [2.75, 3.05) is 13.1 Å². The molecule has 0 aliphatic heterocycles. The molecule has 0 fully saturated rings. The van der Waals surface area contributed by atoms with Crippen LogP contribution in [-0.2, 0) is 4.79 Å². The van der Waals surface area contributed by atoms with E-state index in [-0.39, 0.29) is 6.42 Å². The van der Waals surface area contributed by atoms with E-state index in [0.29, 0.717) is 18.9 Å². The molecule has 4 heteroatoms. The highest BCUT2D eigenvalue weighted by molar-refractivity contribution is 5.66. The van der Waals surface area contributed by atoms with E-state index in [1.165, 1.54) is 0 Å². The number of carboxylic acid groups (broad SMARTS) is 1. The summed E-state index contributed by atoms with van der Waals surface area (Å²) >= 11 is 0. The van der Waals surface area contributed by atoms with Gasteiger partial charge in [-0.15, -0.1) is 0 Å².